The van der Waals surface area contributed by atoms with Gasteiger partial charge in [0.05, 0.1) is 18.6 Å². The summed E-state index contributed by atoms with van der Waals surface area (Å²) in [4.78, 5) is 4.35. The monoisotopic (exact) mass is 339 g/mol. The zero-order valence-electron chi connectivity index (χ0n) is 11.6. The molecule has 0 aliphatic rings. The third-order valence-electron chi connectivity index (χ3n) is 3.04. The Labute approximate surface area is 127 Å². The maximum atomic E-state index is 13.8. The normalized spacial score (nSPS) is 10.9. The van der Waals surface area contributed by atoms with Gasteiger partial charge >= 0.3 is 0 Å². The van der Waals surface area contributed by atoms with Crippen LogP contribution in [0, 0.1) is 5.82 Å². The summed E-state index contributed by atoms with van der Waals surface area (Å²) in [6.45, 7) is 4.62. The van der Waals surface area contributed by atoms with Crippen molar-refractivity contribution in [1.29, 1.82) is 0 Å². The fourth-order valence-corrected chi connectivity index (χ4v) is 2.32. The second-order valence-corrected chi connectivity index (χ2v) is 5.69. The van der Waals surface area contributed by atoms with Crippen LogP contribution in [0.2, 0.25) is 0 Å². The SMILES string of the molecule is CCCNCCc1cn(Cc2ccc(Br)cc2F)cn1. The lowest BCUT2D eigenvalue weighted by Gasteiger charge is -2.04. The molecule has 0 aliphatic heterocycles. The largest absolute Gasteiger partial charge is 0.333 e. The topological polar surface area (TPSA) is 29.9 Å². The Morgan fingerprint density at radius 3 is 2.95 bits per heavy atom. The van der Waals surface area contributed by atoms with Gasteiger partial charge in [0.15, 0.2) is 0 Å². The number of hydrogen-bond donors (Lipinski definition) is 1. The van der Waals surface area contributed by atoms with E-state index in [1.54, 1.807) is 12.4 Å². The van der Waals surface area contributed by atoms with Crippen molar-refractivity contribution in [2.75, 3.05) is 13.1 Å². The zero-order valence-corrected chi connectivity index (χ0v) is 13.2. The van der Waals surface area contributed by atoms with Crippen LogP contribution in [0.25, 0.3) is 0 Å². The van der Waals surface area contributed by atoms with Crippen molar-refractivity contribution in [3.63, 3.8) is 0 Å². The summed E-state index contributed by atoms with van der Waals surface area (Å²) < 4.78 is 16.4. The molecule has 5 heteroatoms. The lowest BCUT2D eigenvalue weighted by molar-refractivity contribution is 0.598. The van der Waals surface area contributed by atoms with Crippen molar-refractivity contribution in [2.24, 2.45) is 0 Å². The molecule has 3 nitrogen and oxygen atoms in total. The highest BCUT2D eigenvalue weighted by Crippen LogP contribution is 2.16. The smallest absolute Gasteiger partial charge is 0.129 e. The van der Waals surface area contributed by atoms with E-state index in [0.717, 1.165) is 36.1 Å². The molecule has 1 heterocycles. The van der Waals surface area contributed by atoms with E-state index >= 15 is 0 Å². The first kappa shape index (κ1) is 15.2. The molecule has 1 aromatic heterocycles. The quantitative estimate of drug-likeness (QED) is 0.783. The predicted molar refractivity (Wildman–Crippen MR) is 82.3 cm³/mol. The molecule has 0 fully saturated rings. The molecule has 0 saturated heterocycles. The number of rotatable bonds is 7. The summed E-state index contributed by atoms with van der Waals surface area (Å²) in [7, 11) is 0. The molecule has 0 bridgehead atoms. The molecule has 0 radical (unpaired) electrons. The maximum absolute atomic E-state index is 13.8. The van der Waals surface area contributed by atoms with Crippen molar-refractivity contribution in [3.05, 3.63) is 52.3 Å². The van der Waals surface area contributed by atoms with Crippen molar-refractivity contribution in [3.8, 4) is 0 Å². The Kier molecular flexibility index (Phi) is 5.73. The maximum Gasteiger partial charge on any atom is 0.129 e. The van der Waals surface area contributed by atoms with E-state index in [0.29, 0.717) is 12.1 Å². The average Bonchev–Trinajstić information content (AvgIpc) is 2.86. The van der Waals surface area contributed by atoms with Gasteiger partial charge in [0.1, 0.15) is 5.82 Å². The van der Waals surface area contributed by atoms with E-state index in [9.17, 15) is 4.39 Å². The van der Waals surface area contributed by atoms with Crippen molar-refractivity contribution in [2.45, 2.75) is 26.3 Å². The number of hydrogen-bond acceptors (Lipinski definition) is 2. The van der Waals surface area contributed by atoms with Crippen molar-refractivity contribution < 1.29 is 4.39 Å². The minimum atomic E-state index is -0.195. The van der Waals surface area contributed by atoms with Crippen LogP contribution in [0.15, 0.2) is 35.2 Å². The Balaban J connectivity index is 1.92. The minimum absolute atomic E-state index is 0.195. The molecule has 0 aliphatic carbocycles. The fourth-order valence-electron chi connectivity index (χ4n) is 1.99. The molecule has 20 heavy (non-hydrogen) atoms. The van der Waals surface area contributed by atoms with Crippen molar-refractivity contribution >= 4 is 15.9 Å². The molecule has 108 valence electrons. The van der Waals surface area contributed by atoms with Crippen LogP contribution in [0.4, 0.5) is 4.39 Å². The lowest BCUT2D eigenvalue weighted by atomic mass is 10.2. The van der Waals surface area contributed by atoms with Crippen LogP contribution >= 0.6 is 15.9 Å². The number of aromatic nitrogens is 2. The third kappa shape index (κ3) is 4.42. The van der Waals surface area contributed by atoms with Gasteiger partial charge in [-0.1, -0.05) is 28.9 Å². The lowest BCUT2D eigenvalue weighted by Crippen LogP contribution is -2.17. The Bertz CT molecular complexity index is 554. The molecule has 0 saturated carbocycles. The van der Waals surface area contributed by atoms with Gasteiger partial charge in [-0.25, -0.2) is 9.37 Å². The summed E-state index contributed by atoms with van der Waals surface area (Å²) in [6.07, 6.45) is 5.78. The van der Waals surface area contributed by atoms with Gasteiger partial charge in [-0.2, -0.15) is 0 Å². The molecule has 0 atom stereocenters. The highest BCUT2D eigenvalue weighted by Gasteiger charge is 2.05. The zero-order chi connectivity index (χ0) is 14.4. The van der Waals surface area contributed by atoms with Gasteiger partial charge in [0.2, 0.25) is 0 Å². The summed E-state index contributed by atoms with van der Waals surface area (Å²) >= 11 is 3.26. The summed E-state index contributed by atoms with van der Waals surface area (Å²) in [5, 5.41) is 3.34. The molecular weight excluding hydrogens is 321 g/mol. The van der Waals surface area contributed by atoms with E-state index in [1.807, 2.05) is 16.8 Å². The average molecular weight is 340 g/mol. The van der Waals surface area contributed by atoms with Crippen LogP contribution in [0.3, 0.4) is 0 Å². The van der Waals surface area contributed by atoms with Crippen LogP contribution in [-0.4, -0.2) is 22.6 Å². The van der Waals surface area contributed by atoms with E-state index in [2.05, 4.69) is 33.2 Å². The van der Waals surface area contributed by atoms with E-state index < -0.39 is 0 Å². The van der Waals surface area contributed by atoms with Gasteiger partial charge in [0.25, 0.3) is 0 Å². The van der Waals surface area contributed by atoms with Gasteiger partial charge in [0, 0.05) is 29.2 Å². The number of nitrogens with zero attached hydrogens (tertiary/aromatic N) is 2. The van der Waals surface area contributed by atoms with Crippen LogP contribution in [0.5, 0.6) is 0 Å². The van der Waals surface area contributed by atoms with E-state index in [-0.39, 0.29) is 5.82 Å². The van der Waals surface area contributed by atoms with Gasteiger partial charge < -0.3 is 9.88 Å². The summed E-state index contributed by atoms with van der Waals surface area (Å²) in [6, 6.07) is 5.13. The second kappa shape index (κ2) is 7.55. The highest BCUT2D eigenvalue weighted by molar-refractivity contribution is 9.10. The molecule has 1 N–H and O–H groups in total. The Morgan fingerprint density at radius 1 is 1.35 bits per heavy atom. The van der Waals surface area contributed by atoms with Crippen LogP contribution in [0.1, 0.15) is 24.6 Å². The highest BCUT2D eigenvalue weighted by atomic mass is 79.9. The molecule has 0 unspecified atom stereocenters. The Morgan fingerprint density at radius 2 is 2.20 bits per heavy atom. The minimum Gasteiger partial charge on any atom is -0.333 e. The molecule has 2 rings (SSSR count). The van der Waals surface area contributed by atoms with Gasteiger partial charge in [-0.3, -0.25) is 0 Å². The van der Waals surface area contributed by atoms with Crippen molar-refractivity contribution in [1.82, 2.24) is 14.9 Å². The first-order chi connectivity index (χ1) is 9.69. The van der Waals surface area contributed by atoms with Gasteiger partial charge in [-0.15, -0.1) is 0 Å². The first-order valence-electron chi connectivity index (χ1n) is 6.84. The number of halogens is 2. The van der Waals surface area contributed by atoms with E-state index in [4.69, 9.17) is 0 Å². The standard InChI is InChI=1S/C15H19BrFN3/c1-2-6-18-7-5-14-10-20(11-19-14)9-12-3-4-13(16)8-15(12)17/h3-4,8,10-11,18H,2,5-7,9H2,1H3. The van der Waals surface area contributed by atoms with Crippen LogP contribution < -0.4 is 5.32 Å². The molecule has 2 aromatic rings. The fraction of sp³-hybridized carbons (Fsp3) is 0.400. The number of nitrogens with one attached hydrogen (secondary N) is 1. The second-order valence-electron chi connectivity index (χ2n) is 4.77. The van der Waals surface area contributed by atoms with E-state index in [1.165, 1.54) is 6.07 Å². The third-order valence-corrected chi connectivity index (χ3v) is 3.53. The molecule has 0 amide bonds. The summed E-state index contributed by atoms with van der Waals surface area (Å²) in [5.74, 6) is -0.195. The predicted octanol–water partition coefficient (Wildman–Crippen LogP) is 3.38. The number of benzene rings is 1. The van der Waals surface area contributed by atoms with Crippen LogP contribution in [-0.2, 0) is 13.0 Å². The first-order valence-corrected chi connectivity index (χ1v) is 7.63. The Hall–Kier alpha value is -1.20. The summed E-state index contributed by atoms with van der Waals surface area (Å²) in [5.41, 5.74) is 1.70. The molecule has 0 spiro atoms. The molecule has 1 aromatic carbocycles. The van der Waals surface area contributed by atoms with Gasteiger partial charge in [-0.05, 0) is 25.1 Å². The number of imidazole rings is 1. The molecular formula is C15H19BrFN3.